The molecule has 0 amide bonds. The fourth-order valence-corrected chi connectivity index (χ4v) is 2.16. The van der Waals surface area contributed by atoms with Crippen molar-refractivity contribution in [3.05, 3.63) is 52.8 Å². The number of fused-ring (bicyclic) bond motifs is 1. The molecule has 0 fully saturated rings. The lowest BCUT2D eigenvalue weighted by molar-refractivity contribution is 0.619. The zero-order chi connectivity index (χ0) is 12.7. The third-order valence-corrected chi connectivity index (χ3v) is 3.21. The summed E-state index contributed by atoms with van der Waals surface area (Å²) in [6.45, 7) is 1.71. The molecule has 2 nitrogen and oxygen atoms in total. The van der Waals surface area contributed by atoms with Gasteiger partial charge >= 0.3 is 0 Å². The van der Waals surface area contributed by atoms with Crippen molar-refractivity contribution in [1.82, 2.24) is 9.97 Å². The smallest absolute Gasteiger partial charge is 0.140 e. The van der Waals surface area contributed by atoms with E-state index in [1.165, 1.54) is 6.07 Å². The molecule has 1 N–H and O–H groups in total. The first-order valence-electron chi connectivity index (χ1n) is 5.56. The van der Waals surface area contributed by atoms with Crippen molar-refractivity contribution in [1.29, 1.82) is 0 Å². The maximum atomic E-state index is 13.4. The Morgan fingerprint density at radius 2 is 2.00 bits per heavy atom. The molecule has 3 aromatic rings. The fraction of sp³-hybridized carbons (Fsp3) is 0.0714. The van der Waals surface area contributed by atoms with Crippen LogP contribution in [0.5, 0.6) is 0 Å². The number of para-hydroxylation sites is 2. The zero-order valence-corrected chi connectivity index (χ0v) is 10.4. The molecule has 0 unspecified atom stereocenters. The number of nitrogens with zero attached hydrogens (tertiary/aromatic N) is 1. The van der Waals surface area contributed by atoms with Gasteiger partial charge in [-0.15, -0.1) is 0 Å². The molecule has 0 aliphatic rings. The summed E-state index contributed by atoms with van der Waals surface area (Å²) in [7, 11) is 0. The molecule has 1 aromatic heterocycles. The van der Waals surface area contributed by atoms with Gasteiger partial charge in [0.1, 0.15) is 11.6 Å². The summed E-state index contributed by atoms with van der Waals surface area (Å²) in [4.78, 5) is 7.63. The molecular formula is C14H10ClFN2. The minimum absolute atomic E-state index is 0.306. The molecule has 0 saturated heterocycles. The van der Waals surface area contributed by atoms with Gasteiger partial charge in [-0.3, -0.25) is 0 Å². The minimum atomic E-state index is -0.306. The van der Waals surface area contributed by atoms with Gasteiger partial charge in [0, 0.05) is 5.56 Å². The van der Waals surface area contributed by atoms with E-state index in [1.54, 1.807) is 13.0 Å². The van der Waals surface area contributed by atoms with E-state index >= 15 is 0 Å². The van der Waals surface area contributed by atoms with Crippen LogP contribution in [0.3, 0.4) is 0 Å². The predicted octanol–water partition coefficient (Wildman–Crippen LogP) is 4.33. The van der Waals surface area contributed by atoms with Gasteiger partial charge < -0.3 is 4.98 Å². The average molecular weight is 261 g/mol. The second-order valence-corrected chi connectivity index (χ2v) is 4.59. The number of aromatic nitrogens is 2. The number of aryl methyl sites for hydroxylation is 1. The SMILES string of the molecule is Cc1cc(-c2nc3ccccc3[nH]2)c(Cl)cc1F. The molecule has 90 valence electrons. The van der Waals surface area contributed by atoms with Gasteiger partial charge in [-0.1, -0.05) is 23.7 Å². The molecule has 1 heterocycles. The van der Waals surface area contributed by atoms with Crippen LogP contribution in [0.2, 0.25) is 5.02 Å². The van der Waals surface area contributed by atoms with Crippen molar-refractivity contribution in [3.63, 3.8) is 0 Å². The van der Waals surface area contributed by atoms with Gasteiger partial charge in [-0.25, -0.2) is 9.37 Å². The molecule has 2 aromatic carbocycles. The maximum Gasteiger partial charge on any atom is 0.140 e. The van der Waals surface area contributed by atoms with Gasteiger partial charge in [-0.2, -0.15) is 0 Å². The fourth-order valence-electron chi connectivity index (χ4n) is 1.92. The van der Waals surface area contributed by atoms with Crippen molar-refractivity contribution < 1.29 is 4.39 Å². The summed E-state index contributed by atoms with van der Waals surface area (Å²) in [6.07, 6.45) is 0. The summed E-state index contributed by atoms with van der Waals surface area (Å²) in [6, 6.07) is 10.7. The van der Waals surface area contributed by atoms with E-state index < -0.39 is 0 Å². The van der Waals surface area contributed by atoms with Crippen LogP contribution in [0.1, 0.15) is 5.56 Å². The van der Waals surface area contributed by atoms with Crippen molar-refractivity contribution in [3.8, 4) is 11.4 Å². The topological polar surface area (TPSA) is 28.7 Å². The molecule has 0 saturated carbocycles. The monoisotopic (exact) mass is 260 g/mol. The van der Waals surface area contributed by atoms with Crippen LogP contribution in [0.25, 0.3) is 22.4 Å². The van der Waals surface area contributed by atoms with Crippen molar-refractivity contribution in [2.45, 2.75) is 6.92 Å². The van der Waals surface area contributed by atoms with Gasteiger partial charge in [0.2, 0.25) is 0 Å². The Morgan fingerprint density at radius 3 is 2.78 bits per heavy atom. The number of benzene rings is 2. The second kappa shape index (κ2) is 4.10. The summed E-state index contributed by atoms with van der Waals surface area (Å²) in [5.41, 5.74) is 3.07. The molecule has 3 rings (SSSR count). The summed E-state index contributed by atoms with van der Waals surface area (Å²) >= 11 is 6.06. The first-order valence-corrected chi connectivity index (χ1v) is 5.94. The second-order valence-electron chi connectivity index (χ2n) is 4.18. The van der Waals surface area contributed by atoms with Crippen molar-refractivity contribution >= 4 is 22.6 Å². The van der Waals surface area contributed by atoms with E-state index in [1.807, 2.05) is 24.3 Å². The first-order chi connectivity index (χ1) is 8.65. The molecule has 18 heavy (non-hydrogen) atoms. The van der Waals surface area contributed by atoms with Crippen LogP contribution in [-0.4, -0.2) is 9.97 Å². The lowest BCUT2D eigenvalue weighted by Gasteiger charge is -2.03. The Balaban J connectivity index is 2.22. The molecule has 0 radical (unpaired) electrons. The number of H-pyrrole nitrogens is 1. The summed E-state index contributed by atoms with van der Waals surface area (Å²) in [5, 5.41) is 0.358. The highest BCUT2D eigenvalue weighted by Crippen LogP contribution is 2.29. The van der Waals surface area contributed by atoms with Crippen LogP contribution >= 0.6 is 11.6 Å². The number of hydrogen-bond acceptors (Lipinski definition) is 1. The highest BCUT2D eigenvalue weighted by molar-refractivity contribution is 6.33. The molecular weight excluding hydrogens is 251 g/mol. The third kappa shape index (κ3) is 1.77. The van der Waals surface area contributed by atoms with Crippen LogP contribution < -0.4 is 0 Å². The average Bonchev–Trinajstić information content (AvgIpc) is 2.77. The van der Waals surface area contributed by atoms with Crippen LogP contribution in [-0.2, 0) is 0 Å². The van der Waals surface area contributed by atoms with E-state index in [-0.39, 0.29) is 5.82 Å². The van der Waals surface area contributed by atoms with E-state index in [0.717, 1.165) is 11.0 Å². The lowest BCUT2D eigenvalue weighted by Crippen LogP contribution is -1.88. The van der Waals surface area contributed by atoms with E-state index in [2.05, 4.69) is 9.97 Å². The Morgan fingerprint density at radius 1 is 1.22 bits per heavy atom. The first kappa shape index (κ1) is 11.2. The number of halogens is 2. The summed E-state index contributed by atoms with van der Waals surface area (Å²) < 4.78 is 13.4. The molecule has 0 aliphatic heterocycles. The Hall–Kier alpha value is -1.87. The van der Waals surface area contributed by atoms with Gasteiger partial charge in [0.25, 0.3) is 0 Å². The number of rotatable bonds is 1. The predicted molar refractivity (Wildman–Crippen MR) is 71.2 cm³/mol. The Kier molecular flexibility index (Phi) is 2.56. The number of nitrogens with one attached hydrogen (secondary N) is 1. The molecule has 0 spiro atoms. The highest BCUT2D eigenvalue weighted by atomic mass is 35.5. The molecule has 0 atom stereocenters. The minimum Gasteiger partial charge on any atom is -0.338 e. The lowest BCUT2D eigenvalue weighted by atomic mass is 10.1. The van der Waals surface area contributed by atoms with Crippen LogP contribution in [0.15, 0.2) is 36.4 Å². The van der Waals surface area contributed by atoms with E-state index in [9.17, 15) is 4.39 Å². The molecule has 0 bridgehead atoms. The maximum absolute atomic E-state index is 13.4. The standard InChI is InChI=1S/C14H10ClFN2/c1-8-6-9(10(15)7-11(8)16)14-17-12-4-2-3-5-13(12)18-14/h2-7H,1H3,(H,17,18). The van der Waals surface area contributed by atoms with Crippen LogP contribution in [0, 0.1) is 12.7 Å². The Labute approximate surface area is 108 Å². The Bertz CT molecular complexity index is 701. The highest BCUT2D eigenvalue weighted by Gasteiger charge is 2.11. The molecule has 0 aliphatic carbocycles. The third-order valence-electron chi connectivity index (χ3n) is 2.89. The van der Waals surface area contributed by atoms with Gasteiger partial charge in [0.15, 0.2) is 0 Å². The largest absolute Gasteiger partial charge is 0.338 e. The van der Waals surface area contributed by atoms with E-state index in [0.29, 0.717) is 22.0 Å². The van der Waals surface area contributed by atoms with Crippen molar-refractivity contribution in [2.75, 3.05) is 0 Å². The van der Waals surface area contributed by atoms with Gasteiger partial charge in [0.05, 0.1) is 16.1 Å². The van der Waals surface area contributed by atoms with Crippen molar-refractivity contribution in [2.24, 2.45) is 0 Å². The molecule has 4 heteroatoms. The van der Waals surface area contributed by atoms with E-state index in [4.69, 9.17) is 11.6 Å². The number of aromatic amines is 1. The van der Waals surface area contributed by atoms with Gasteiger partial charge in [-0.05, 0) is 36.8 Å². The zero-order valence-electron chi connectivity index (χ0n) is 9.67. The quantitative estimate of drug-likeness (QED) is 0.693. The van der Waals surface area contributed by atoms with Crippen LogP contribution in [0.4, 0.5) is 4.39 Å². The summed E-state index contributed by atoms with van der Waals surface area (Å²) in [5.74, 6) is 0.351. The normalized spacial score (nSPS) is 11.1. The number of imidazole rings is 1. The number of hydrogen-bond donors (Lipinski definition) is 1.